The lowest BCUT2D eigenvalue weighted by molar-refractivity contribution is -0.145. The molecule has 0 aliphatic carbocycles. The highest BCUT2D eigenvalue weighted by Crippen LogP contribution is 2.05. The molecule has 0 spiro atoms. The van der Waals surface area contributed by atoms with E-state index in [1.54, 1.807) is 21.1 Å². The van der Waals surface area contributed by atoms with Gasteiger partial charge in [0, 0.05) is 33.4 Å². The van der Waals surface area contributed by atoms with Crippen LogP contribution in [0.15, 0.2) is 0 Å². The molecule has 0 fully saturated rings. The summed E-state index contributed by atoms with van der Waals surface area (Å²) >= 11 is 0. The van der Waals surface area contributed by atoms with Gasteiger partial charge in [0.15, 0.2) is 0 Å². The van der Waals surface area contributed by atoms with Crippen LogP contribution in [0.2, 0.25) is 0 Å². The lowest BCUT2D eigenvalue weighted by atomic mass is 10.2. The SMILES string of the molecule is CCOC(=O)CC(O)CN(CCOC)C(C)COC. The molecule has 0 aromatic carbocycles. The lowest BCUT2D eigenvalue weighted by Crippen LogP contribution is -2.43. The number of hydrogen-bond acceptors (Lipinski definition) is 6. The summed E-state index contributed by atoms with van der Waals surface area (Å²) in [6.45, 7) is 6.30. The van der Waals surface area contributed by atoms with Crippen LogP contribution in [0, 0.1) is 0 Å². The first-order chi connectivity index (χ1) is 9.04. The van der Waals surface area contributed by atoms with Gasteiger partial charge in [-0.05, 0) is 13.8 Å². The molecule has 114 valence electrons. The molecule has 0 aliphatic rings. The number of aliphatic hydroxyl groups excluding tert-OH is 1. The molecular weight excluding hydrogens is 250 g/mol. The van der Waals surface area contributed by atoms with E-state index in [1.807, 2.05) is 11.8 Å². The summed E-state index contributed by atoms with van der Waals surface area (Å²) in [5.74, 6) is -0.374. The van der Waals surface area contributed by atoms with Crippen LogP contribution in [0.5, 0.6) is 0 Å². The van der Waals surface area contributed by atoms with E-state index in [9.17, 15) is 9.90 Å². The van der Waals surface area contributed by atoms with Gasteiger partial charge in [-0.1, -0.05) is 0 Å². The molecule has 19 heavy (non-hydrogen) atoms. The van der Waals surface area contributed by atoms with Crippen LogP contribution in [0.4, 0.5) is 0 Å². The average Bonchev–Trinajstić information content (AvgIpc) is 2.34. The van der Waals surface area contributed by atoms with Crippen LogP contribution >= 0.6 is 0 Å². The summed E-state index contributed by atoms with van der Waals surface area (Å²) in [4.78, 5) is 13.3. The first-order valence-electron chi connectivity index (χ1n) is 6.60. The molecule has 2 atom stereocenters. The largest absolute Gasteiger partial charge is 0.466 e. The highest BCUT2D eigenvalue weighted by Gasteiger charge is 2.19. The van der Waals surface area contributed by atoms with E-state index in [2.05, 4.69) is 0 Å². The number of carbonyl (C=O) groups excluding carboxylic acids is 1. The number of nitrogens with zero attached hydrogens (tertiary/aromatic N) is 1. The second kappa shape index (κ2) is 11.2. The molecule has 0 aromatic heterocycles. The fraction of sp³-hybridized carbons (Fsp3) is 0.923. The van der Waals surface area contributed by atoms with Gasteiger partial charge < -0.3 is 19.3 Å². The number of rotatable bonds is 11. The topological polar surface area (TPSA) is 68.2 Å². The zero-order valence-electron chi connectivity index (χ0n) is 12.4. The van der Waals surface area contributed by atoms with Gasteiger partial charge in [-0.15, -0.1) is 0 Å². The summed E-state index contributed by atoms with van der Waals surface area (Å²) in [7, 11) is 3.27. The van der Waals surface area contributed by atoms with E-state index >= 15 is 0 Å². The summed E-state index contributed by atoms with van der Waals surface area (Å²) < 4.78 is 15.0. The van der Waals surface area contributed by atoms with E-state index in [0.717, 1.165) is 0 Å². The molecule has 2 unspecified atom stereocenters. The standard InChI is InChI=1S/C13H27NO5/c1-5-19-13(16)8-12(15)9-14(6-7-17-3)11(2)10-18-4/h11-12,15H,5-10H2,1-4H3. The minimum absolute atomic E-state index is 0.0109. The zero-order chi connectivity index (χ0) is 14.7. The molecule has 0 amide bonds. The van der Waals surface area contributed by atoms with Crippen molar-refractivity contribution in [1.82, 2.24) is 4.90 Å². The van der Waals surface area contributed by atoms with E-state index in [0.29, 0.717) is 32.9 Å². The molecule has 0 radical (unpaired) electrons. The van der Waals surface area contributed by atoms with Gasteiger partial charge in [0.1, 0.15) is 0 Å². The number of esters is 1. The number of hydrogen-bond donors (Lipinski definition) is 1. The Balaban J connectivity index is 4.24. The smallest absolute Gasteiger partial charge is 0.308 e. The Morgan fingerprint density at radius 1 is 1.32 bits per heavy atom. The minimum Gasteiger partial charge on any atom is -0.466 e. The Morgan fingerprint density at radius 2 is 2.00 bits per heavy atom. The Bertz CT molecular complexity index is 237. The van der Waals surface area contributed by atoms with Crippen molar-refractivity contribution in [2.45, 2.75) is 32.4 Å². The molecule has 0 rings (SSSR count). The maximum absolute atomic E-state index is 11.3. The minimum atomic E-state index is -0.741. The van der Waals surface area contributed by atoms with Crippen molar-refractivity contribution < 1.29 is 24.1 Å². The fourth-order valence-electron chi connectivity index (χ4n) is 1.79. The van der Waals surface area contributed by atoms with Gasteiger partial charge in [0.25, 0.3) is 0 Å². The van der Waals surface area contributed by atoms with E-state index in [4.69, 9.17) is 14.2 Å². The Labute approximate surface area is 115 Å². The van der Waals surface area contributed by atoms with E-state index < -0.39 is 6.10 Å². The normalized spacial score (nSPS) is 14.4. The predicted octanol–water partition coefficient (Wildman–Crippen LogP) is 0.284. The number of carbonyl (C=O) groups is 1. The molecule has 0 aliphatic heterocycles. The van der Waals surface area contributed by atoms with Crippen LogP contribution in [-0.2, 0) is 19.0 Å². The van der Waals surface area contributed by atoms with Gasteiger partial charge in [-0.2, -0.15) is 0 Å². The number of methoxy groups -OCH3 is 2. The number of aliphatic hydroxyl groups is 1. The van der Waals surface area contributed by atoms with Crippen molar-refractivity contribution in [3.8, 4) is 0 Å². The number of ether oxygens (including phenoxy) is 3. The second-order valence-corrected chi connectivity index (χ2v) is 4.46. The van der Waals surface area contributed by atoms with Crippen molar-refractivity contribution in [2.75, 3.05) is 47.1 Å². The van der Waals surface area contributed by atoms with Crippen LogP contribution < -0.4 is 0 Å². The average molecular weight is 277 g/mol. The fourth-order valence-corrected chi connectivity index (χ4v) is 1.79. The van der Waals surface area contributed by atoms with Crippen LogP contribution in [-0.4, -0.2) is 75.3 Å². The van der Waals surface area contributed by atoms with Gasteiger partial charge in [-0.25, -0.2) is 0 Å². The van der Waals surface area contributed by atoms with Crippen molar-refractivity contribution in [3.05, 3.63) is 0 Å². The Kier molecular flexibility index (Phi) is 10.8. The zero-order valence-corrected chi connectivity index (χ0v) is 12.4. The van der Waals surface area contributed by atoms with Gasteiger partial charge in [-0.3, -0.25) is 9.69 Å². The Morgan fingerprint density at radius 3 is 2.53 bits per heavy atom. The third-order valence-electron chi connectivity index (χ3n) is 2.77. The third kappa shape index (κ3) is 8.93. The van der Waals surface area contributed by atoms with Crippen LogP contribution in [0.1, 0.15) is 20.3 Å². The van der Waals surface area contributed by atoms with Crippen molar-refractivity contribution in [2.24, 2.45) is 0 Å². The predicted molar refractivity (Wildman–Crippen MR) is 72.0 cm³/mol. The monoisotopic (exact) mass is 277 g/mol. The molecule has 1 N–H and O–H groups in total. The highest BCUT2D eigenvalue weighted by molar-refractivity contribution is 5.69. The van der Waals surface area contributed by atoms with Crippen molar-refractivity contribution in [3.63, 3.8) is 0 Å². The summed E-state index contributed by atoms with van der Waals surface area (Å²) in [6, 6.07) is 0.150. The lowest BCUT2D eigenvalue weighted by Gasteiger charge is -2.30. The molecule has 0 heterocycles. The van der Waals surface area contributed by atoms with E-state index in [-0.39, 0.29) is 18.4 Å². The quantitative estimate of drug-likeness (QED) is 0.547. The molecule has 6 heteroatoms. The van der Waals surface area contributed by atoms with Crippen molar-refractivity contribution >= 4 is 5.97 Å². The molecule has 0 saturated heterocycles. The van der Waals surface area contributed by atoms with Crippen LogP contribution in [0.25, 0.3) is 0 Å². The van der Waals surface area contributed by atoms with Gasteiger partial charge in [0.2, 0.25) is 0 Å². The van der Waals surface area contributed by atoms with Gasteiger partial charge >= 0.3 is 5.97 Å². The van der Waals surface area contributed by atoms with Crippen molar-refractivity contribution in [1.29, 1.82) is 0 Å². The summed E-state index contributed by atoms with van der Waals surface area (Å²) in [5.41, 5.74) is 0. The molecule has 0 bridgehead atoms. The first-order valence-corrected chi connectivity index (χ1v) is 6.60. The maximum atomic E-state index is 11.3. The van der Waals surface area contributed by atoms with E-state index in [1.165, 1.54) is 0 Å². The Hall–Kier alpha value is -0.690. The van der Waals surface area contributed by atoms with Gasteiger partial charge in [0.05, 0.1) is 32.3 Å². The molecule has 0 aromatic rings. The van der Waals surface area contributed by atoms with Crippen LogP contribution in [0.3, 0.4) is 0 Å². The third-order valence-corrected chi connectivity index (χ3v) is 2.77. The molecule has 6 nitrogen and oxygen atoms in total. The maximum Gasteiger partial charge on any atom is 0.308 e. The molecule has 0 saturated carbocycles. The summed E-state index contributed by atoms with van der Waals surface area (Å²) in [6.07, 6.45) is -0.730. The first kappa shape index (κ1) is 18.3. The summed E-state index contributed by atoms with van der Waals surface area (Å²) in [5, 5.41) is 9.91. The molecular formula is C13H27NO5. The second-order valence-electron chi connectivity index (χ2n) is 4.46. The highest BCUT2D eigenvalue weighted by atomic mass is 16.5.